The maximum Gasteiger partial charge on any atom is 0.306 e. The molecule has 0 saturated heterocycles. The molecule has 0 aromatic carbocycles. The molecule has 4 heteroatoms. The monoisotopic (exact) mass is 324 g/mol. The highest BCUT2D eigenvalue weighted by Gasteiger charge is 2.28. The summed E-state index contributed by atoms with van der Waals surface area (Å²) in [4.78, 5) is 24.0. The van der Waals surface area contributed by atoms with Crippen LogP contribution in [0.25, 0.3) is 0 Å². The molecule has 0 fully saturated rings. The predicted molar refractivity (Wildman–Crippen MR) is 93.1 cm³/mol. The molecule has 0 aliphatic carbocycles. The van der Waals surface area contributed by atoms with E-state index >= 15 is 0 Å². The van der Waals surface area contributed by atoms with E-state index in [1.165, 1.54) is 0 Å². The van der Waals surface area contributed by atoms with Crippen LogP contribution in [0.4, 0.5) is 0 Å². The van der Waals surface area contributed by atoms with Crippen LogP contribution in [0.3, 0.4) is 0 Å². The Morgan fingerprint density at radius 1 is 1.13 bits per heavy atom. The number of hydrogen-bond acceptors (Lipinski definition) is 4. The summed E-state index contributed by atoms with van der Waals surface area (Å²) in [6.45, 7) is 12.7. The number of hydrogen-bond donors (Lipinski definition) is 1. The van der Waals surface area contributed by atoms with Gasteiger partial charge in [-0.15, -0.1) is 13.2 Å². The van der Waals surface area contributed by atoms with Gasteiger partial charge in [0, 0.05) is 12.3 Å². The third kappa shape index (κ3) is 10.9. The number of allylic oxidation sites excluding steroid dienone is 2. The molecule has 0 aromatic rings. The lowest BCUT2D eigenvalue weighted by Crippen LogP contribution is -2.33. The summed E-state index contributed by atoms with van der Waals surface area (Å²) < 4.78 is 5.26. The molecule has 132 valence electrons. The van der Waals surface area contributed by atoms with E-state index in [1.807, 2.05) is 6.08 Å². The Kier molecular flexibility index (Phi) is 10.5. The van der Waals surface area contributed by atoms with Crippen molar-refractivity contribution < 1.29 is 19.4 Å². The number of esters is 1. The van der Waals surface area contributed by atoms with Gasteiger partial charge in [0.2, 0.25) is 0 Å². The molecule has 0 aromatic heterocycles. The zero-order valence-electron chi connectivity index (χ0n) is 14.8. The molecule has 0 saturated carbocycles. The van der Waals surface area contributed by atoms with Gasteiger partial charge in [0.1, 0.15) is 11.7 Å². The molecule has 0 bridgehead atoms. The number of Topliss-reactive ketones (excluding diaryl/α,β-unsaturated/α-hetero) is 1. The smallest absolute Gasteiger partial charge is 0.306 e. The fraction of sp³-hybridized carbons (Fsp3) is 0.684. The van der Waals surface area contributed by atoms with Crippen molar-refractivity contribution >= 4 is 11.8 Å². The Morgan fingerprint density at radius 3 is 2.30 bits per heavy atom. The maximum absolute atomic E-state index is 12.1. The zero-order valence-corrected chi connectivity index (χ0v) is 14.8. The highest BCUT2D eigenvalue weighted by molar-refractivity contribution is 5.84. The number of ether oxygens (including phenoxy) is 1. The quantitative estimate of drug-likeness (QED) is 0.335. The first-order valence-electron chi connectivity index (χ1n) is 8.35. The summed E-state index contributed by atoms with van der Waals surface area (Å²) in [5.74, 6) is -1.08. The second-order valence-electron chi connectivity index (χ2n) is 6.87. The van der Waals surface area contributed by atoms with Crippen LogP contribution in [0.2, 0.25) is 0 Å². The third-order valence-electron chi connectivity index (χ3n) is 3.43. The molecule has 0 rings (SSSR count). The highest BCUT2D eigenvalue weighted by Crippen LogP contribution is 2.20. The van der Waals surface area contributed by atoms with E-state index in [4.69, 9.17) is 4.74 Å². The van der Waals surface area contributed by atoms with Gasteiger partial charge in [-0.25, -0.2) is 0 Å². The summed E-state index contributed by atoms with van der Waals surface area (Å²) in [6, 6.07) is 0. The van der Waals surface area contributed by atoms with Crippen LogP contribution in [-0.4, -0.2) is 28.6 Å². The molecule has 0 spiro atoms. The van der Waals surface area contributed by atoms with Gasteiger partial charge in [0.25, 0.3) is 0 Å². The van der Waals surface area contributed by atoms with Gasteiger partial charge in [-0.3, -0.25) is 9.59 Å². The van der Waals surface area contributed by atoms with Crippen LogP contribution < -0.4 is 0 Å². The lowest BCUT2D eigenvalue weighted by Gasteiger charge is -2.24. The number of carbonyl (C=O) groups is 2. The van der Waals surface area contributed by atoms with Crippen molar-refractivity contribution in [2.45, 2.75) is 77.4 Å². The summed E-state index contributed by atoms with van der Waals surface area (Å²) >= 11 is 0. The number of ketones is 1. The average molecular weight is 324 g/mol. The fourth-order valence-electron chi connectivity index (χ4n) is 2.31. The van der Waals surface area contributed by atoms with Gasteiger partial charge in [0.05, 0.1) is 6.42 Å². The van der Waals surface area contributed by atoms with Crippen molar-refractivity contribution in [2.24, 2.45) is 5.92 Å². The van der Waals surface area contributed by atoms with Crippen molar-refractivity contribution in [3.05, 3.63) is 25.3 Å². The van der Waals surface area contributed by atoms with Gasteiger partial charge in [-0.05, 0) is 46.5 Å². The molecule has 0 aliphatic rings. The topological polar surface area (TPSA) is 63.6 Å². The molecule has 2 atom stereocenters. The predicted octanol–water partition coefficient (Wildman–Crippen LogP) is 3.98. The number of aliphatic hydroxyl groups is 1. The number of carbonyl (C=O) groups excluding carboxylic acids is 2. The van der Waals surface area contributed by atoms with E-state index in [9.17, 15) is 14.7 Å². The van der Waals surface area contributed by atoms with Crippen LogP contribution >= 0.6 is 0 Å². The van der Waals surface area contributed by atoms with Gasteiger partial charge in [0.15, 0.2) is 5.78 Å². The van der Waals surface area contributed by atoms with Crippen LogP contribution in [0.5, 0.6) is 0 Å². The van der Waals surface area contributed by atoms with Crippen LogP contribution in [0, 0.1) is 5.92 Å². The van der Waals surface area contributed by atoms with E-state index in [-0.39, 0.29) is 12.2 Å². The molecular formula is C19H32O4. The summed E-state index contributed by atoms with van der Waals surface area (Å²) in [5, 5.41) is 10.2. The van der Waals surface area contributed by atoms with Gasteiger partial charge >= 0.3 is 5.97 Å². The van der Waals surface area contributed by atoms with E-state index in [1.54, 1.807) is 26.8 Å². The van der Waals surface area contributed by atoms with Crippen molar-refractivity contribution in [3.8, 4) is 0 Å². The zero-order chi connectivity index (χ0) is 17.9. The molecule has 1 N–H and O–H groups in total. The minimum Gasteiger partial charge on any atom is -0.460 e. The molecule has 0 radical (unpaired) electrons. The first-order valence-corrected chi connectivity index (χ1v) is 8.35. The largest absolute Gasteiger partial charge is 0.460 e. The standard InChI is InChI=1S/C19H32O4/c1-6-8-9-10-11-13-16(20)18(22)15(12-7-2)14-17(21)23-19(3,4)5/h6-7,15,18,22H,1-2,8-14H2,3-5H3/t15-,18?/m1/s1. The van der Waals surface area contributed by atoms with E-state index in [2.05, 4.69) is 13.2 Å². The minimum atomic E-state index is -1.14. The number of aliphatic hydroxyl groups excluding tert-OH is 1. The SMILES string of the molecule is C=CCCCCCC(=O)C(O)[C@H](CC=C)CC(=O)OC(C)(C)C. The summed E-state index contributed by atoms with van der Waals surface area (Å²) in [6.07, 6.45) is 6.72. The fourth-order valence-corrected chi connectivity index (χ4v) is 2.31. The highest BCUT2D eigenvalue weighted by atomic mass is 16.6. The third-order valence-corrected chi connectivity index (χ3v) is 3.43. The van der Waals surface area contributed by atoms with Crippen molar-refractivity contribution in [2.75, 3.05) is 0 Å². The van der Waals surface area contributed by atoms with Crippen molar-refractivity contribution in [3.63, 3.8) is 0 Å². The molecule has 0 amide bonds. The Labute approximate surface area is 140 Å². The number of unbranched alkanes of at least 4 members (excludes halogenated alkanes) is 3. The van der Waals surface area contributed by atoms with Crippen molar-refractivity contribution in [1.29, 1.82) is 0 Å². The lowest BCUT2D eigenvalue weighted by molar-refractivity contribution is -0.157. The van der Waals surface area contributed by atoms with Gasteiger partial charge in [-0.2, -0.15) is 0 Å². The minimum absolute atomic E-state index is 0.0205. The molecule has 1 unspecified atom stereocenters. The normalized spacial score (nSPS) is 13.9. The lowest BCUT2D eigenvalue weighted by atomic mass is 9.90. The van der Waals surface area contributed by atoms with Crippen LogP contribution in [-0.2, 0) is 14.3 Å². The Bertz CT molecular complexity index is 393. The number of rotatable bonds is 12. The van der Waals surface area contributed by atoms with E-state index in [0.717, 1.165) is 25.7 Å². The van der Waals surface area contributed by atoms with Crippen molar-refractivity contribution in [1.82, 2.24) is 0 Å². The van der Waals surface area contributed by atoms with Gasteiger partial charge in [-0.1, -0.05) is 18.6 Å². The summed E-state index contributed by atoms with van der Waals surface area (Å²) in [7, 11) is 0. The Hall–Kier alpha value is -1.42. The maximum atomic E-state index is 12.1. The van der Waals surface area contributed by atoms with Gasteiger partial charge < -0.3 is 9.84 Å². The second-order valence-corrected chi connectivity index (χ2v) is 6.87. The first-order chi connectivity index (χ1) is 10.7. The second kappa shape index (κ2) is 11.2. The molecule has 23 heavy (non-hydrogen) atoms. The molecule has 0 aliphatic heterocycles. The molecule has 4 nitrogen and oxygen atoms in total. The Morgan fingerprint density at radius 2 is 1.78 bits per heavy atom. The van der Waals surface area contributed by atoms with Crippen LogP contribution in [0.15, 0.2) is 25.3 Å². The molecule has 0 heterocycles. The van der Waals surface area contributed by atoms with E-state index < -0.39 is 23.6 Å². The van der Waals surface area contributed by atoms with E-state index in [0.29, 0.717) is 12.8 Å². The van der Waals surface area contributed by atoms with Crippen LogP contribution in [0.1, 0.15) is 65.7 Å². The summed E-state index contributed by atoms with van der Waals surface area (Å²) in [5.41, 5.74) is -0.573. The Balaban J connectivity index is 4.44. The first kappa shape index (κ1) is 21.6. The average Bonchev–Trinajstić information content (AvgIpc) is 2.43. The molecular weight excluding hydrogens is 292 g/mol.